The Hall–Kier alpha value is -1.18. The third kappa shape index (κ3) is 3.39. The van der Waals surface area contributed by atoms with Crippen LogP contribution in [0.25, 0.3) is 0 Å². The molecule has 1 aliphatic rings. The lowest BCUT2D eigenvalue weighted by Gasteiger charge is -2.17. The Morgan fingerprint density at radius 1 is 1.12 bits per heavy atom. The van der Waals surface area contributed by atoms with E-state index in [1.165, 1.54) is 18.4 Å². The molecule has 0 spiro atoms. The van der Waals surface area contributed by atoms with E-state index in [9.17, 15) is 0 Å². The topological polar surface area (TPSA) is 18.5 Å². The molecule has 94 valence electrons. The predicted molar refractivity (Wildman–Crippen MR) is 69.9 cm³/mol. The van der Waals surface area contributed by atoms with Gasteiger partial charge in [0.25, 0.3) is 0 Å². The maximum absolute atomic E-state index is 5.92. The summed E-state index contributed by atoms with van der Waals surface area (Å²) >= 11 is 0. The van der Waals surface area contributed by atoms with Crippen LogP contribution in [-0.2, 0) is 0 Å². The van der Waals surface area contributed by atoms with Gasteiger partial charge in [0.1, 0.15) is 11.5 Å². The Bertz CT molecular complexity index is 379. The van der Waals surface area contributed by atoms with E-state index in [0.717, 1.165) is 11.5 Å². The molecule has 1 fully saturated rings. The van der Waals surface area contributed by atoms with Crippen LogP contribution in [0.3, 0.4) is 0 Å². The van der Waals surface area contributed by atoms with E-state index < -0.39 is 0 Å². The molecule has 0 radical (unpaired) electrons. The Kier molecular flexibility index (Phi) is 3.60. The van der Waals surface area contributed by atoms with Gasteiger partial charge in [0, 0.05) is 5.56 Å². The molecule has 1 aliphatic carbocycles. The molecule has 0 heterocycles. The first-order chi connectivity index (χ1) is 8.06. The smallest absolute Gasteiger partial charge is 0.123 e. The third-order valence-corrected chi connectivity index (χ3v) is 2.79. The fourth-order valence-electron chi connectivity index (χ4n) is 1.80. The first-order valence-corrected chi connectivity index (χ1v) is 6.53. The maximum Gasteiger partial charge on any atom is 0.123 e. The van der Waals surface area contributed by atoms with Gasteiger partial charge in [-0.15, -0.1) is 0 Å². The number of ether oxygens (including phenoxy) is 2. The van der Waals surface area contributed by atoms with Crippen LogP contribution in [0.15, 0.2) is 18.2 Å². The molecule has 1 saturated carbocycles. The van der Waals surface area contributed by atoms with Crippen molar-refractivity contribution in [3.05, 3.63) is 23.8 Å². The maximum atomic E-state index is 5.92. The first-order valence-electron chi connectivity index (χ1n) is 6.53. The molecule has 1 aromatic rings. The van der Waals surface area contributed by atoms with Gasteiger partial charge in [-0.1, -0.05) is 13.8 Å². The summed E-state index contributed by atoms with van der Waals surface area (Å²) in [5.74, 6) is 2.42. The van der Waals surface area contributed by atoms with Gasteiger partial charge in [-0.25, -0.2) is 0 Å². The Morgan fingerprint density at radius 3 is 2.35 bits per heavy atom. The fourth-order valence-corrected chi connectivity index (χ4v) is 1.80. The van der Waals surface area contributed by atoms with Crippen LogP contribution in [-0.4, -0.2) is 12.2 Å². The lowest BCUT2D eigenvalue weighted by molar-refractivity contribution is 0.241. The second-order valence-corrected chi connectivity index (χ2v) is 5.34. The standard InChI is InChI=1S/C15H22O2/c1-10(2)14-9-13(16-11(3)4)7-8-15(14)17-12-5-6-12/h7-12H,5-6H2,1-4H3. The van der Waals surface area contributed by atoms with Gasteiger partial charge in [-0.2, -0.15) is 0 Å². The summed E-state index contributed by atoms with van der Waals surface area (Å²) in [6, 6.07) is 6.16. The summed E-state index contributed by atoms with van der Waals surface area (Å²) < 4.78 is 11.6. The second kappa shape index (κ2) is 4.99. The molecular weight excluding hydrogens is 212 g/mol. The Balaban J connectivity index is 2.20. The molecule has 0 N–H and O–H groups in total. The van der Waals surface area contributed by atoms with Gasteiger partial charge >= 0.3 is 0 Å². The fraction of sp³-hybridized carbons (Fsp3) is 0.600. The van der Waals surface area contributed by atoms with E-state index in [1.54, 1.807) is 0 Å². The highest BCUT2D eigenvalue weighted by Crippen LogP contribution is 2.35. The van der Waals surface area contributed by atoms with Crippen molar-refractivity contribution in [2.75, 3.05) is 0 Å². The van der Waals surface area contributed by atoms with Crippen LogP contribution >= 0.6 is 0 Å². The molecule has 17 heavy (non-hydrogen) atoms. The average Bonchev–Trinajstić information content (AvgIpc) is 3.03. The van der Waals surface area contributed by atoms with Crippen LogP contribution in [0.2, 0.25) is 0 Å². The van der Waals surface area contributed by atoms with Gasteiger partial charge in [0.2, 0.25) is 0 Å². The summed E-state index contributed by atoms with van der Waals surface area (Å²) in [7, 11) is 0. The van der Waals surface area contributed by atoms with E-state index in [0.29, 0.717) is 12.0 Å². The van der Waals surface area contributed by atoms with Gasteiger partial charge in [0.15, 0.2) is 0 Å². The monoisotopic (exact) mass is 234 g/mol. The van der Waals surface area contributed by atoms with Gasteiger partial charge in [0.05, 0.1) is 12.2 Å². The van der Waals surface area contributed by atoms with Crippen molar-refractivity contribution < 1.29 is 9.47 Å². The van der Waals surface area contributed by atoms with Gasteiger partial charge in [-0.05, 0) is 50.8 Å². The molecule has 0 saturated heterocycles. The van der Waals surface area contributed by atoms with Crippen LogP contribution in [0.1, 0.15) is 52.0 Å². The minimum Gasteiger partial charge on any atom is -0.491 e. The molecule has 2 rings (SSSR count). The van der Waals surface area contributed by atoms with Crippen molar-refractivity contribution in [3.63, 3.8) is 0 Å². The van der Waals surface area contributed by atoms with E-state index >= 15 is 0 Å². The molecule has 0 unspecified atom stereocenters. The first kappa shape index (κ1) is 12.3. The van der Waals surface area contributed by atoms with E-state index in [1.807, 2.05) is 26.0 Å². The van der Waals surface area contributed by atoms with Crippen molar-refractivity contribution in [2.45, 2.75) is 58.7 Å². The highest BCUT2D eigenvalue weighted by atomic mass is 16.5. The second-order valence-electron chi connectivity index (χ2n) is 5.34. The van der Waals surface area contributed by atoms with Crippen LogP contribution < -0.4 is 9.47 Å². The van der Waals surface area contributed by atoms with Crippen LogP contribution in [0, 0.1) is 0 Å². The average molecular weight is 234 g/mol. The molecule has 0 amide bonds. The largest absolute Gasteiger partial charge is 0.491 e. The zero-order valence-electron chi connectivity index (χ0n) is 11.2. The summed E-state index contributed by atoms with van der Waals surface area (Å²) in [6.45, 7) is 8.47. The van der Waals surface area contributed by atoms with Gasteiger partial charge in [-0.3, -0.25) is 0 Å². The summed E-state index contributed by atoms with van der Waals surface area (Å²) in [5, 5.41) is 0. The SMILES string of the molecule is CC(C)Oc1ccc(OC2CC2)c(C(C)C)c1. The van der Waals surface area contributed by atoms with Gasteiger partial charge < -0.3 is 9.47 Å². The zero-order valence-corrected chi connectivity index (χ0v) is 11.2. The van der Waals surface area contributed by atoms with Crippen molar-refractivity contribution in [1.82, 2.24) is 0 Å². The molecule has 2 heteroatoms. The predicted octanol–water partition coefficient (Wildman–Crippen LogP) is 4.14. The van der Waals surface area contributed by atoms with Crippen molar-refractivity contribution in [1.29, 1.82) is 0 Å². The number of hydrogen-bond acceptors (Lipinski definition) is 2. The number of rotatable bonds is 5. The minimum absolute atomic E-state index is 0.213. The molecule has 0 bridgehead atoms. The third-order valence-electron chi connectivity index (χ3n) is 2.79. The number of benzene rings is 1. The van der Waals surface area contributed by atoms with E-state index in [-0.39, 0.29) is 6.10 Å². The van der Waals surface area contributed by atoms with Crippen LogP contribution in [0.4, 0.5) is 0 Å². The summed E-state index contributed by atoms with van der Waals surface area (Å²) in [5.41, 5.74) is 1.25. The molecule has 0 aromatic heterocycles. The van der Waals surface area contributed by atoms with E-state index in [2.05, 4.69) is 19.9 Å². The summed E-state index contributed by atoms with van der Waals surface area (Å²) in [4.78, 5) is 0. The minimum atomic E-state index is 0.213. The zero-order chi connectivity index (χ0) is 12.4. The van der Waals surface area contributed by atoms with Crippen LogP contribution in [0.5, 0.6) is 11.5 Å². The quantitative estimate of drug-likeness (QED) is 0.762. The molecule has 2 nitrogen and oxygen atoms in total. The lowest BCUT2D eigenvalue weighted by atomic mass is 10.0. The molecule has 0 atom stereocenters. The Morgan fingerprint density at radius 2 is 1.82 bits per heavy atom. The van der Waals surface area contributed by atoms with Crippen molar-refractivity contribution in [3.8, 4) is 11.5 Å². The molecular formula is C15H22O2. The highest BCUT2D eigenvalue weighted by Gasteiger charge is 2.25. The van der Waals surface area contributed by atoms with Crippen molar-refractivity contribution in [2.24, 2.45) is 0 Å². The Labute approximate surface area is 104 Å². The van der Waals surface area contributed by atoms with E-state index in [4.69, 9.17) is 9.47 Å². The van der Waals surface area contributed by atoms with Crippen molar-refractivity contribution >= 4 is 0 Å². The highest BCUT2D eigenvalue weighted by molar-refractivity contribution is 5.42. The number of hydrogen-bond donors (Lipinski definition) is 0. The molecule has 0 aliphatic heterocycles. The normalized spacial score (nSPS) is 15.4. The summed E-state index contributed by atoms with van der Waals surface area (Å²) in [6.07, 6.45) is 3.05. The molecule has 1 aromatic carbocycles. The lowest BCUT2D eigenvalue weighted by Crippen LogP contribution is -2.07.